The van der Waals surface area contributed by atoms with Gasteiger partial charge in [0, 0.05) is 17.8 Å². The highest BCUT2D eigenvalue weighted by Crippen LogP contribution is 2.24. The Balaban J connectivity index is 2.45. The maximum Gasteiger partial charge on any atom is 0.281 e. The van der Waals surface area contributed by atoms with Crippen LogP contribution in [0.5, 0.6) is 0 Å². The zero-order chi connectivity index (χ0) is 15.8. The van der Waals surface area contributed by atoms with Gasteiger partial charge in [-0.3, -0.25) is 9.82 Å². The Bertz CT molecular complexity index is 789. The minimum Gasteiger partial charge on any atom is -0.326 e. The first-order valence-corrected chi connectivity index (χ1v) is 7.16. The summed E-state index contributed by atoms with van der Waals surface area (Å²) in [6.45, 7) is 1.45. The Kier molecular flexibility index (Phi) is 3.92. The molecule has 0 atom stereocenters. The number of aromatic nitrogens is 2. The standard InChI is InChI=1S/C11H11F3N4O2S/c1-5-6(4-15)11(17-16-5)21(19,20)18-8-3-2-7(12)9(13)10(8)14/h2-3,18H,4,15H2,1H3,(H,16,17). The van der Waals surface area contributed by atoms with Crippen molar-refractivity contribution in [3.05, 3.63) is 40.8 Å². The van der Waals surface area contributed by atoms with Crippen LogP contribution in [-0.2, 0) is 16.6 Å². The second-order valence-electron chi connectivity index (χ2n) is 4.16. The molecule has 10 heteroatoms. The zero-order valence-electron chi connectivity index (χ0n) is 10.7. The smallest absolute Gasteiger partial charge is 0.281 e. The number of nitrogens with one attached hydrogen (secondary N) is 2. The minimum atomic E-state index is -4.29. The van der Waals surface area contributed by atoms with E-state index >= 15 is 0 Å². The highest BCUT2D eigenvalue weighted by molar-refractivity contribution is 7.92. The number of hydrogen-bond donors (Lipinski definition) is 3. The quantitative estimate of drug-likeness (QED) is 0.741. The van der Waals surface area contributed by atoms with Gasteiger partial charge in [-0.1, -0.05) is 0 Å². The summed E-state index contributed by atoms with van der Waals surface area (Å²) in [6, 6.07) is 1.38. The van der Waals surface area contributed by atoms with Crippen molar-refractivity contribution in [1.29, 1.82) is 0 Å². The molecule has 1 heterocycles. The molecule has 0 radical (unpaired) electrons. The second kappa shape index (κ2) is 5.37. The lowest BCUT2D eigenvalue weighted by Gasteiger charge is -2.09. The van der Waals surface area contributed by atoms with E-state index in [0.29, 0.717) is 11.8 Å². The molecule has 6 nitrogen and oxygen atoms in total. The molecular weight excluding hydrogens is 309 g/mol. The molecule has 0 saturated carbocycles. The minimum absolute atomic E-state index is 0.112. The molecule has 0 unspecified atom stereocenters. The van der Waals surface area contributed by atoms with Gasteiger partial charge >= 0.3 is 0 Å². The number of anilines is 1. The molecule has 0 aliphatic rings. The van der Waals surface area contributed by atoms with Crippen LogP contribution in [0.1, 0.15) is 11.3 Å². The second-order valence-corrected chi connectivity index (χ2v) is 5.76. The van der Waals surface area contributed by atoms with Gasteiger partial charge in [0.25, 0.3) is 10.0 Å². The lowest BCUT2D eigenvalue weighted by Crippen LogP contribution is -2.17. The number of aryl methyl sites for hydroxylation is 1. The number of H-pyrrole nitrogens is 1. The summed E-state index contributed by atoms with van der Waals surface area (Å²) in [4.78, 5) is 0. The van der Waals surface area contributed by atoms with E-state index in [0.717, 1.165) is 6.07 Å². The topological polar surface area (TPSA) is 101 Å². The van der Waals surface area contributed by atoms with Crippen LogP contribution in [0.3, 0.4) is 0 Å². The molecule has 0 saturated heterocycles. The Labute approximate surface area is 118 Å². The third-order valence-corrected chi connectivity index (χ3v) is 4.11. The van der Waals surface area contributed by atoms with Crippen LogP contribution < -0.4 is 10.5 Å². The molecule has 114 valence electrons. The van der Waals surface area contributed by atoms with E-state index in [2.05, 4.69) is 10.2 Å². The van der Waals surface area contributed by atoms with Gasteiger partial charge < -0.3 is 5.73 Å². The fourth-order valence-corrected chi connectivity index (χ4v) is 2.96. The van der Waals surface area contributed by atoms with E-state index in [4.69, 9.17) is 5.73 Å². The predicted molar refractivity (Wildman–Crippen MR) is 68.3 cm³/mol. The summed E-state index contributed by atoms with van der Waals surface area (Å²) >= 11 is 0. The summed E-state index contributed by atoms with van der Waals surface area (Å²) in [7, 11) is -4.29. The van der Waals surface area contributed by atoms with Crippen LogP contribution in [0, 0.1) is 24.4 Å². The van der Waals surface area contributed by atoms with Crippen molar-refractivity contribution in [2.75, 3.05) is 4.72 Å². The summed E-state index contributed by atoms with van der Waals surface area (Å²) in [5, 5.41) is 5.59. The van der Waals surface area contributed by atoms with Crippen molar-refractivity contribution >= 4 is 15.7 Å². The molecule has 2 rings (SSSR count). The summed E-state index contributed by atoms with van der Waals surface area (Å²) < 4.78 is 65.4. The lowest BCUT2D eigenvalue weighted by molar-refractivity contribution is 0.449. The van der Waals surface area contributed by atoms with Crippen LogP contribution in [0.25, 0.3) is 0 Å². The number of hydrogen-bond acceptors (Lipinski definition) is 4. The van der Waals surface area contributed by atoms with Crippen molar-refractivity contribution in [2.45, 2.75) is 18.5 Å². The van der Waals surface area contributed by atoms with Gasteiger partial charge in [-0.2, -0.15) is 13.5 Å². The average Bonchev–Trinajstić information content (AvgIpc) is 2.81. The van der Waals surface area contributed by atoms with Gasteiger partial charge in [0.1, 0.15) is 0 Å². The Morgan fingerprint density at radius 1 is 1.29 bits per heavy atom. The van der Waals surface area contributed by atoms with Crippen LogP contribution in [0.15, 0.2) is 17.2 Å². The van der Waals surface area contributed by atoms with E-state index in [9.17, 15) is 21.6 Å². The molecule has 21 heavy (non-hydrogen) atoms. The van der Waals surface area contributed by atoms with Crippen molar-refractivity contribution in [2.24, 2.45) is 5.73 Å². The van der Waals surface area contributed by atoms with Crippen LogP contribution >= 0.6 is 0 Å². The van der Waals surface area contributed by atoms with E-state index in [1.165, 1.54) is 0 Å². The molecule has 0 aliphatic carbocycles. The molecule has 4 N–H and O–H groups in total. The van der Waals surface area contributed by atoms with Crippen molar-refractivity contribution in [1.82, 2.24) is 10.2 Å². The summed E-state index contributed by atoms with van der Waals surface area (Å²) in [6.07, 6.45) is 0. The van der Waals surface area contributed by atoms with Crippen molar-refractivity contribution in [3.8, 4) is 0 Å². The Hall–Kier alpha value is -2.07. The number of aromatic amines is 1. The summed E-state index contributed by atoms with van der Waals surface area (Å²) in [5.41, 5.74) is 5.35. The number of benzene rings is 1. The number of rotatable bonds is 4. The lowest BCUT2D eigenvalue weighted by atomic mass is 10.3. The molecule has 0 spiro atoms. The van der Waals surface area contributed by atoms with E-state index < -0.39 is 38.2 Å². The number of nitrogens with two attached hydrogens (primary N) is 1. The van der Waals surface area contributed by atoms with E-state index in [-0.39, 0.29) is 12.1 Å². The largest absolute Gasteiger partial charge is 0.326 e. The van der Waals surface area contributed by atoms with Crippen LogP contribution in [0.2, 0.25) is 0 Å². The van der Waals surface area contributed by atoms with Gasteiger partial charge in [-0.05, 0) is 19.1 Å². The molecule has 0 aliphatic heterocycles. The highest BCUT2D eigenvalue weighted by atomic mass is 32.2. The van der Waals surface area contributed by atoms with Gasteiger partial charge in [-0.15, -0.1) is 0 Å². The monoisotopic (exact) mass is 320 g/mol. The first-order chi connectivity index (χ1) is 9.77. The SMILES string of the molecule is Cc1[nH]nc(S(=O)(=O)Nc2ccc(F)c(F)c2F)c1CN. The first kappa shape index (κ1) is 15.3. The van der Waals surface area contributed by atoms with Crippen molar-refractivity contribution < 1.29 is 21.6 Å². The van der Waals surface area contributed by atoms with Crippen LogP contribution in [-0.4, -0.2) is 18.6 Å². The zero-order valence-corrected chi connectivity index (χ0v) is 11.6. The number of nitrogens with zero attached hydrogens (tertiary/aromatic N) is 1. The molecule has 0 bridgehead atoms. The van der Waals surface area contributed by atoms with E-state index in [1.54, 1.807) is 6.92 Å². The average molecular weight is 320 g/mol. The number of sulfonamides is 1. The maximum atomic E-state index is 13.5. The third kappa shape index (κ3) is 2.72. The highest BCUT2D eigenvalue weighted by Gasteiger charge is 2.25. The molecule has 1 aromatic heterocycles. The van der Waals surface area contributed by atoms with E-state index in [1.807, 2.05) is 4.72 Å². The fraction of sp³-hybridized carbons (Fsp3) is 0.182. The molecule has 2 aromatic rings. The maximum absolute atomic E-state index is 13.5. The Morgan fingerprint density at radius 3 is 2.57 bits per heavy atom. The van der Waals surface area contributed by atoms with Crippen molar-refractivity contribution in [3.63, 3.8) is 0 Å². The Morgan fingerprint density at radius 2 is 1.95 bits per heavy atom. The molecular formula is C11H11F3N4O2S. The molecule has 0 amide bonds. The van der Waals surface area contributed by atoms with Gasteiger partial charge in [0.2, 0.25) is 5.03 Å². The predicted octanol–water partition coefficient (Wildman–Crippen LogP) is 1.39. The number of halogens is 3. The van der Waals surface area contributed by atoms with Crippen LogP contribution in [0.4, 0.5) is 18.9 Å². The van der Waals surface area contributed by atoms with Gasteiger partial charge in [-0.25, -0.2) is 13.2 Å². The summed E-state index contributed by atoms with van der Waals surface area (Å²) in [5.74, 6) is -4.83. The fourth-order valence-electron chi connectivity index (χ4n) is 1.69. The molecule has 0 fully saturated rings. The molecule has 1 aromatic carbocycles. The first-order valence-electron chi connectivity index (χ1n) is 5.68. The normalized spacial score (nSPS) is 11.7. The van der Waals surface area contributed by atoms with Gasteiger partial charge in [0.05, 0.1) is 5.69 Å². The third-order valence-electron chi connectivity index (χ3n) is 2.77. The van der Waals surface area contributed by atoms with Gasteiger partial charge in [0.15, 0.2) is 17.5 Å².